The van der Waals surface area contributed by atoms with Crippen molar-refractivity contribution in [1.29, 1.82) is 0 Å². The van der Waals surface area contributed by atoms with Gasteiger partial charge in [0.1, 0.15) is 5.75 Å². The number of nitrogens with zero attached hydrogens (tertiary/aromatic N) is 4. The maximum Gasteiger partial charge on any atom is 0.573 e. The Bertz CT molecular complexity index is 1160. The molecule has 2 saturated heterocycles. The summed E-state index contributed by atoms with van der Waals surface area (Å²) in [6.07, 6.45) is -4.10. The summed E-state index contributed by atoms with van der Waals surface area (Å²) in [6.45, 7) is 3.23. The molecule has 5 rings (SSSR count). The van der Waals surface area contributed by atoms with Crippen LogP contribution in [-0.2, 0) is 4.74 Å². The molecule has 0 bridgehead atoms. The lowest BCUT2D eigenvalue weighted by Crippen LogP contribution is -2.53. The zero-order valence-corrected chi connectivity index (χ0v) is 20.0. The molecule has 2 amide bonds. The van der Waals surface area contributed by atoms with Crippen molar-refractivity contribution in [3.63, 3.8) is 0 Å². The fourth-order valence-electron chi connectivity index (χ4n) is 4.78. The number of likely N-dealkylation sites (tertiary alicyclic amines) is 1. The van der Waals surface area contributed by atoms with Crippen LogP contribution in [-0.4, -0.2) is 79.7 Å². The number of benzene rings is 1. The molecule has 4 heterocycles. The Labute approximate surface area is 209 Å². The Morgan fingerprint density at radius 1 is 1.03 bits per heavy atom. The van der Waals surface area contributed by atoms with E-state index < -0.39 is 6.36 Å². The second-order valence-corrected chi connectivity index (χ2v) is 9.91. The molecular weight excluding hydrogens is 500 g/mol. The molecule has 2 atom stereocenters. The van der Waals surface area contributed by atoms with Crippen LogP contribution in [0.3, 0.4) is 0 Å². The van der Waals surface area contributed by atoms with Gasteiger partial charge in [0.25, 0.3) is 0 Å². The number of alkyl halides is 3. The quantitative estimate of drug-likeness (QED) is 0.552. The molecule has 0 aliphatic carbocycles. The number of aliphatic imine (C=N–C) groups is 2. The number of thiophene rings is 1. The second kappa shape index (κ2) is 10.2. The monoisotopic (exact) mass is 524 g/mol. The van der Waals surface area contributed by atoms with E-state index in [0.717, 1.165) is 22.6 Å². The SMILES string of the molecule is O=C(N1CCOCC1)N1CC(C2=NC(c3ccc(F)s3)=NC2)CC(c2ccc(OC(F)(F)F)cc2)C1. The van der Waals surface area contributed by atoms with Gasteiger partial charge in [0, 0.05) is 43.7 Å². The number of rotatable bonds is 4. The molecule has 2 aromatic rings. The molecule has 7 nitrogen and oxygen atoms in total. The fourth-order valence-corrected chi connectivity index (χ4v) is 5.47. The molecule has 2 unspecified atom stereocenters. The van der Waals surface area contributed by atoms with E-state index in [4.69, 9.17) is 4.74 Å². The number of amides is 2. The summed E-state index contributed by atoms with van der Waals surface area (Å²) >= 11 is 0.981. The lowest BCUT2D eigenvalue weighted by molar-refractivity contribution is -0.274. The van der Waals surface area contributed by atoms with Crippen molar-refractivity contribution < 1.29 is 31.8 Å². The molecule has 0 N–H and O–H groups in total. The van der Waals surface area contributed by atoms with E-state index in [1.807, 2.05) is 0 Å². The first kappa shape index (κ1) is 24.7. The highest BCUT2D eigenvalue weighted by atomic mass is 32.1. The van der Waals surface area contributed by atoms with Crippen LogP contribution in [0.15, 0.2) is 46.4 Å². The number of halogens is 4. The van der Waals surface area contributed by atoms with E-state index >= 15 is 0 Å². The maximum absolute atomic E-state index is 13.5. The van der Waals surface area contributed by atoms with Crippen molar-refractivity contribution in [2.45, 2.75) is 18.7 Å². The lowest BCUT2D eigenvalue weighted by Gasteiger charge is -2.41. The molecule has 3 aliphatic heterocycles. The van der Waals surface area contributed by atoms with E-state index in [9.17, 15) is 22.4 Å². The van der Waals surface area contributed by atoms with Crippen molar-refractivity contribution >= 4 is 28.9 Å². The van der Waals surface area contributed by atoms with Gasteiger partial charge in [-0.3, -0.25) is 4.99 Å². The zero-order valence-electron chi connectivity index (χ0n) is 19.2. The summed E-state index contributed by atoms with van der Waals surface area (Å²) in [5, 5.41) is -0.311. The van der Waals surface area contributed by atoms with Crippen LogP contribution in [0, 0.1) is 11.0 Å². The zero-order chi connectivity index (χ0) is 25.3. The molecule has 1 aromatic carbocycles. The molecule has 2 fully saturated rings. The molecule has 192 valence electrons. The molecule has 0 spiro atoms. The first-order valence-electron chi connectivity index (χ1n) is 11.6. The summed E-state index contributed by atoms with van der Waals surface area (Å²) in [6, 6.07) is 8.73. The number of hydrogen-bond donors (Lipinski definition) is 0. The van der Waals surface area contributed by atoms with E-state index in [0.29, 0.717) is 63.1 Å². The predicted octanol–water partition coefficient (Wildman–Crippen LogP) is 4.54. The summed E-state index contributed by atoms with van der Waals surface area (Å²) < 4.78 is 60.6. The number of urea groups is 1. The average molecular weight is 525 g/mol. The van der Waals surface area contributed by atoms with Gasteiger partial charge >= 0.3 is 12.4 Å². The van der Waals surface area contributed by atoms with Crippen LogP contribution < -0.4 is 4.74 Å². The van der Waals surface area contributed by atoms with E-state index in [1.54, 1.807) is 28.0 Å². The van der Waals surface area contributed by atoms with Crippen LogP contribution in [0.1, 0.15) is 22.8 Å². The van der Waals surface area contributed by atoms with Crippen LogP contribution in [0.2, 0.25) is 0 Å². The van der Waals surface area contributed by atoms with Crippen LogP contribution >= 0.6 is 11.3 Å². The smallest absolute Gasteiger partial charge is 0.406 e. The number of morpholine rings is 1. The van der Waals surface area contributed by atoms with Crippen molar-refractivity contribution in [2.24, 2.45) is 15.9 Å². The number of ether oxygens (including phenoxy) is 2. The van der Waals surface area contributed by atoms with Gasteiger partial charge in [-0.25, -0.2) is 9.79 Å². The van der Waals surface area contributed by atoms with Gasteiger partial charge in [0.05, 0.1) is 24.6 Å². The third kappa shape index (κ3) is 5.70. The first-order chi connectivity index (χ1) is 17.2. The fraction of sp³-hybridized carbons (Fsp3) is 0.458. The van der Waals surface area contributed by atoms with E-state index in [2.05, 4.69) is 14.7 Å². The predicted molar refractivity (Wildman–Crippen MR) is 126 cm³/mol. The standard InChI is InChI=1S/C24H24F4N4O3S/c25-21-6-5-20(36-21)22-29-12-19(30-22)17-11-16(15-1-3-18(4-2-15)35-24(26,27)28)13-32(14-17)23(33)31-7-9-34-10-8-31/h1-6,16-17H,7-14H2. The number of hydrogen-bond acceptors (Lipinski definition) is 6. The summed E-state index contributed by atoms with van der Waals surface area (Å²) in [4.78, 5) is 26.7. The third-order valence-electron chi connectivity index (χ3n) is 6.49. The Hall–Kier alpha value is -2.99. The number of carbonyl (C=O) groups excluding carboxylic acids is 1. The van der Waals surface area contributed by atoms with Gasteiger partial charge in [0.15, 0.2) is 11.0 Å². The topological polar surface area (TPSA) is 66.7 Å². The van der Waals surface area contributed by atoms with Gasteiger partial charge in [-0.1, -0.05) is 12.1 Å². The van der Waals surface area contributed by atoms with E-state index in [1.165, 1.54) is 18.2 Å². The number of amidine groups is 1. The summed E-state index contributed by atoms with van der Waals surface area (Å²) in [5.74, 6) is -0.00695. The van der Waals surface area contributed by atoms with Crippen LogP contribution in [0.5, 0.6) is 5.75 Å². The highest BCUT2D eigenvalue weighted by Crippen LogP contribution is 2.34. The Morgan fingerprint density at radius 2 is 1.75 bits per heavy atom. The molecule has 0 radical (unpaired) electrons. The summed E-state index contributed by atoms with van der Waals surface area (Å²) in [7, 11) is 0. The lowest BCUT2D eigenvalue weighted by atomic mass is 9.82. The Kier molecular flexibility index (Phi) is 6.98. The molecule has 3 aliphatic rings. The van der Waals surface area contributed by atoms with Crippen molar-refractivity contribution in [3.8, 4) is 5.75 Å². The molecule has 0 saturated carbocycles. The van der Waals surface area contributed by atoms with E-state index in [-0.39, 0.29) is 28.7 Å². The number of carbonyl (C=O) groups is 1. The number of piperidine rings is 1. The van der Waals surface area contributed by atoms with Gasteiger partial charge in [0.2, 0.25) is 0 Å². The van der Waals surface area contributed by atoms with Crippen molar-refractivity contribution in [1.82, 2.24) is 9.80 Å². The Morgan fingerprint density at radius 3 is 2.42 bits per heavy atom. The highest BCUT2D eigenvalue weighted by molar-refractivity contribution is 7.12. The van der Waals surface area contributed by atoms with Crippen LogP contribution in [0.4, 0.5) is 22.4 Å². The van der Waals surface area contributed by atoms with Gasteiger partial charge in [-0.2, -0.15) is 4.39 Å². The molecule has 1 aromatic heterocycles. The molecular formula is C24H24F4N4O3S. The first-order valence-corrected chi connectivity index (χ1v) is 12.4. The minimum atomic E-state index is -4.76. The third-order valence-corrected chi connectivity index (χ3v) is 7.36. The van der Waals surface area contributed by atoms with Gasteiger partial charge in [-0.05, 0) is 36.2 Å². The Balaban J connectivity index is 1.37. The normalized spacial score (nSPS) is 22.9. The van der Waals surface area contributed by atoms with Crippen molar-refractivity contribution in [3.05, 3.63) is 52.0 Å². The second-order valence-electron chi connectivity index (χ2n) is 8.88. The maximum atomic E-state index is 13.5. The molecule has 36 heavy (non-hydrogen) atoms. The minimum Gasteiger partial charge on any atom is -0.406 e. The van der Waals surface area contributed by atoms with Gasteiger partial charge < -0.3 is 19.3 Å². The largest absolute Gasteiger partial charge is 0.573 e. The van der Waals surface area contributed by atoms with Crippen molar-refractivity contribution in [2.75, 3.05) is 45.9 Å². The minimum absolute atomic E-state index is 0.0918. The summed E-state index contributed by atoms with van der Waals surface area (Å²) in [5.41, 5.74) is 1.63. The van der Waals surface area contributed by atoms with Crippen LogP contribution in [0.25, 0.3) is 0 Å². The van der Waals surface area contributed by atoms with Gasteiger partial charge in [-0.15, -0.1) is 24.5 Å². The average Bonchev–Trinajstić information content (AvgIpc) is 3.53. The molecule has 12 heteroatoms. The highest BCUT2D eigenvalue weighted by Gasteiger charge is 2.37.